The van der Waals surface area contributed by atoms with E-state index in [1.165, 1.54) is 4.90 Å². The molecule has 0 spiro atoms. The molecule has 3 rings (SSSR count). The minimum atomic E-state index is -1.07. The van der Waals surface area contributed by atoms with Crippen LogP contribution < -0.4 is 14.8 Å². The van der Waals surface area contributed by atoms with Crippen molar-refractivity contribution in [2.45, 2.75) is 18.9 Å². The van der Waals surface area contributed by atoms with Crippen molar-refractivity contribution in [3.63, 3.8) is 0 Å². The number of urea groups is 1. The Balaban J connectivity index is 1.68. The lowest BCUT2D eigenvalue weighted by molar-refractivity contribution is -0.132. The van der Waals surface area contributed by atoms with Gasteiger partial charge in [0.2, 0.25) is 0 Å². The molecule has 1 aliphatic rings. The van der Waals surface area contributed by atoms with Gasteiger partial charge in [-0.15, -0.1) is 0 Å². The van der Waals surface area contributed by atoms with E-state index in [2.05, 4.69) is 5.32 Å². The molecule has 0 saturated carbocycles. The molecule has 0 bridgehead atoms. The first-order valence-electron chi connectivity index (χ1n) is 8.67. The number of halogens is 1. The Morgan fingerprint density at radius 2 is 1.67 bits per heavy atom. The van der Waals surface area contributed by atoms with Gasteiger partial charge in [0.25, 0.3) is 5.91 Å². The zero-order valence-corrected chi connectivity index (χ0v) is 16.0. The quantitative estimate of drug-likeness (QED) is 0.736. The predicted molar refractivity (Wildman–Crippen MR) is 102 cm³/mol. The van der Waals surface area contributed by atoms with Crippen molar-refractivity contribution in [3.05, 3.63) is 59.1 Å². The van der Waals surface area contributed by atoms with E-state index in [0.29, 0.717) is 22.8 Å². The van der Waals surface area contributed by atoms with Crippen molar-refractivity contribution >= 4 is 23.5 Å². The maximum absolute atomic E-state index is 13.0. The first-order chi connectivity index (χ1) is 13.0. The summed E-state index contributed by atoms with van der Waals surface area (Å²) in [6.45, 7) is 2.22. The summed E-state index contributed by atoms with van der Waals surface area (Å²) in [6.07, 6.45) is 0.440. The van der Waals surface area contributed by atoms with Crippen molar-refractivity contribution in [1.82, 2.24) is 10.2 Å². The third kappa shape index (κ3) is 3.71. The van der Waals surface area contributed by atoms with E-state index in [-0.39, 0.29) is 19.1 Å². The molecule has 1 fully saturated rings. The van der Waals surface area contributed by atoms with Crippen LogP contribution in [0.5, 0.6) is 11.5 Å². The van der Waals surface area contributed by atoms with Gasteiger partial charge in [0, 0.05) is 5.02 Å². The fourth-order valence-electron chi connectivity index (χ4n) is 3.13. The number of nitrogens with zero attached hydrogens (tertiary/aromatic N) is 1. The highest BCUT2D eigenvalue weighted by molar-refractivity contribution is 6.30. The largest absolute Gasteiger partial charge is 0.497 e. The van der Waals surface area contributed by atoms with E-state index < -0.39 is 11.6 Å². The second-order valence-corrected chi connectivity index (χ2v) is 6.61. The molecule has 1 saturated heterocycles. The first kappa shape index (κ1) is 19.0. The summed E-state index contributed by atoms with van der Waals surface area (Å²) < 4.78 is 10.7. The van der Waals surface area contributed by atoms with E-state index in [0.717, 1.165) is 5.75 Å². The second kappa shape index (κ2) is 7.88. The van der Waals surface area contributed by atoms with Crippen LogP contribution >= 0.6 is 11.6 Å². The molecule has 0 aromatic heterocycles. The molecule has 27 heavy (non-hydrogen) atoms. The second-order valence-electron chi connectivity index (χ2n) is 6.18. The van der Waals surface area contributed by atoms with Crippen LogP contribution in [0.25, 0.3) is 0 Å². The van der Waals surface area contributed by atoms with Gasteiger partial charge in [-0.25, -0.2) is 4.79 Å². The number of ether oxygens (including phenoxy) is 2. The normalized spacial score (nSPS) is 19.1. The van der Waals surface area contributed by atoms with Gasteiger partial charge in [-0.1, -0.05) is 30.7 Å². The summed E-state index contributed by atoms with van der Waals surface area (Å²) >= 11 is 5.94. The monoisotopic (exact) mass is 388 g/mol. The van der Waals surface area contributed by atoms with Gasteiger partial charge in [0.05, 0.1) is 13.7 Å². The summed E-state index contributed by atoms with van der Waals surface area (Å²) in [5.74, 6) is 1.09. The van der Waals surface area contributed by atoms with Gasteiger partial charge in [0.15, 0.2) is 0 Å². The third-order valence-electron chi connectivity index (χ3n) is 4.69. The molecule has 6 nitrogen and oxygen atoms in total. The van der Waals surface area contributed by atoms with Crippen molar-refractivity contribution in [3.8, 4) is 11.5 Å². The lowest BCUT2D eigenvalue weighted by Crippen LogP contribution is -2.43. The number of carbonyl (C=O) groups is 2. The highest BCUT2D eigenvalue weighted by Crippen LogP contribution is 2.33. The van der Waals surface area contributed by atoms with E-state index in [9.17, 15) is 9.59 Å². The Hall–Kier alpha value is -2.73. The highest BCUT2D eigenvalue weighted by atomic mass is 35.5. The SMILES string of the molecule is CCC1(c2ccc(Cl)cc2)NC(=O)N(CCOc2ccc(OC)cc2)C1=O. The molecule has 1 N–H and O–H groups in total. The summed E-state index contributed by atoms with van der Waals surface area (Å²) in [7, 11) is 1.59. The number of nitrogens with one attached hydrogen (secondary N) is 1. The average Bonchev–Trinajstić information content (AvgIpc) is 2.94. The maximum Gasteiger partial charge on any atom is 0.325 e. The Labute approximate surface area is 163 Å². The lowest BCUT2D eigenvalue weighted by Gasteiger charge is -2.25. The molecule has 1 atom stereocenters. The van der Waals surface area contributed by atoms with Crippen LogP contribution in [0.1, 0.15) is 18.9 Å². The Kier molecular flexibility index (Phi) is 5.56. The Morgan fingerprint density at radius 1 is 1.04 bits per heavy atom. The van der Waals surface area contributed by atoms with Crippen molar-refractivity contribution in [1.29, 1.82) is 0 Å². The number of amides is 3. The van der Waals surface area contributed by atoms with E-state index >= 15 is 0 Å². The number of carbonyl (C=O) groups excluding carboxylic acids is 2. The number of methoxy groups -OCH3 is 1. The van der Waals surface area contributed by atoms with E-state index in [1.54, 1.807) is 55.6 Å². The minimum Gasteiger partial charge on any atom is -0.497 e. The Morgan fingerprint density at radius 3 is 2.26 bits per heavy atom. The Bertz CT molecular complexity index is 823. The zero-order chi connectivity index (χ0) is 19.4. The molecule has 3 amide bonds. The smallest absolute Gasteiger partial charge is 0.325 e. The number of benzene rings is 2. The summed E-state index contributed by atoms with van der Waals surface area (Å²) in [4.78, 5) is 26.6. The van der Waals surface area contributed by atoms with Crippen LogP contribution in [0.15, 0.2) is 48.5 Å². The average molecular weight is 389 g/mol. The number of rotatable bonds is 7. The summed E-state index contributed by atoms with van der Waals surface area (Å²) in [5, 5.41) is 3.41. The van der Waals surface area contributed by atoms with Gasteiger partial charge in [-0.3, -0.25) is 9.69 Å². The van der Waals surface area contributed by atoms with Crippen molar-refractivity contribution in [2.75, 3.05) is 20.3 Å². The van der Waals surface area contributed by atoms with Crippen LogP contribution in [0, 0.1) is 0 Å². The van der Waals surface area contributed by atoms with Crippen LogP contribution in [0.2, 0.25) is 5.02 Å². The molecular formula is C20H21ClN2O4. The minimum absolute atomic E-state index is 0.159. The molecule has 142 valence electrons. The topological polar surface area (TPSA) is 67.9 Å². The van der Waals surface area contributed by atoms with Crippen LogP contribution in [-0.4, -0.2) is 37.1 Å². The molecule has 1 heterocycles. The molecule has 1 unspecified atom stereocenters. The molecule has 0 aliphatic carbocycles. The van der Waals surface area contributed by atoms with E-state index in [4.69, 9.17) is 21.1 Å². The molecule has 7 heteroatoms. The number of imide groups is 1. The van der Waals surface area contributed by atoms with Gasteiger partial charge in [-0.05, 0) is 48.4 Å². The van der Waals surface area contributed by atoms with Gasteiger partial charge >= 0.3 is 6.03 Å². The summed E-state index contributed by atoms with van der Waals surface area (Å²) in [5.41, 5.74) is -0.353. The first-order valence-corrected chi connectivity index (χ1v) is 9.05. The van der Waals surface area contributed by atoms with Crippen LogP contribution in [0.4, 0.5) is 4.79 Å². The lowest BCUT2D eigenvalue weighted by atomic mass is 9.87. The van der Waals surface area contributed by atoms with Crippen molar-refractivity contribution < 1.29 is 19.1 Å². The van der Waals surface area contributed by atoms with E-state index in [1.807, 2.05) is 6.92 Å². The zero-order valence-electron chi connectivity index (χ0n) is 15.2. The number of hydrogen-bond acceptors (Lipinski definition) is 4. The third-order valence-corrected chi connectivity index (χ3v) is 4.94. The predicted octanol–water partition coefficient (Wildman–Crippen LogP) is 3.58. The fraction of sp³-hybridized carbons (Fsp3) is 0.300. The molecule has 1 aliphatic heterocycles. The highest BCUT2D eigenvalue weighted by Gasteiger charge is 2.50. The van der Waals surface area contributed by atoms with Crippen LogP contribution in [-0.2, 0) is 10.3 Å². The molecule has 2 aromatic carbocycles. The summed E-state index contributed by atoms with van der Waals surface area (Å²) in [6, 6.07) is 13.6. The fourth-order valence-corrected chi connectivity index (χ4v) is 3.26. The standard InChI is InChI=1S/C20H21ClN2O4/c1-3-20(14-4-6-15(21)7-5-14)18(24)23(19(25)22-20)12-13-27-17-10-8-16(26-2)9-11-17/h4-11H,3,12-13H2,1-2H3,(H,22,25). The molecule has 0 radical (unpaired) electrons. The van der Waals surface area contributed by atoms with Crippen molar-refractivity contribution in [2.24, 2.45) is 0 Å². The number of hydrogen-bond donors (Lipinski definition) is 1. The van der Waals surface area contributed by atoms with Gasteiger partial charge in [-0.2, -0.15) is 0 Å². The van der Waals surface area contributed by atoms with Crippen LogP contribution in [0.3, 0.4) is 0 Å². The molecular weight excluding hydrogens is 368 g/mol. The maximum atomic E-state index is 13.0. The van der Waals surface area contributed by atoms with Gasteiger partial charge < -0.3 is 14.8 Å². The molecule has 2 aromatic rings. The van der Waals surface area contributed by atoms with Gasteiger partial charge in [0.1, 0.15) is 23.6 Å².